The van der Waals surface area contributed by atoms with Crippen molar-refractivity contribution in [3.05, 3.63) is 99.6 Å². The van der Waals surface area contributed by atoms with Crippen LogP contribution in [0.3, 0.4) is 0 Å². The molecule has 2 aliphatic heterocycles. The molecule has 0 bridgehead atoms. The third-order valence-corrected chi connectivity index (χ3v) is 10.2. The summed E-state index contributed by atoms with van der Waals surface area (Å²) in [4.78, 5) is 37.5. The number of alkyl halides is 1. The lowest BCUT2D eigenvalue weighted by Crippen LogP contribution is -2.47. The number of nitrogens with zero attached hydrogens (tertiary/aromatic N) is 5. The van der Waals surface area contributed by atoms with E-state index in [2.05, 4.69) is 26.2 Å². The molecule has 1 amide bonds. The second-order valence-electron chi connectivity index (χ2n) is 12.6. The first-order valence-electron chi connectivity index (χ1n) is 16.2. The van der Waals surface area contributed by atoms with Crippen LogP contribution in [0.4, 0.5) is 22.9 Å². The summed E-state index contributed by atoms with van der Waals surface area (Å²) in [5.41, 5.74) is 6.62. The van der Waals surface area contributed by atoms with Gasteiger partial charge in [-0.3, -0.25) is 14.5 Å². The van der Waals surface area contributed by atoms with E-state index in [1.54, 1.807) is 30.4 Å². The number of aromatic nitrogens is 2. The number of aliphatic hydroxyl groups is 2. The molecule has 1 aliphatic carbocycles. The number of carbonyl (C=O) groups excluding carboxylic acids is 1. The van der Waals surface area contributed by atoms with Gasteiger partial charge in [0, 0.05) is 69.2 Å². The maximum Gasteiger partial charge on any atom is 0.274 e. The van der Waals surface area contributed by atoms with Crippen LogP contribution in [0.25, 0.3) is 11.1 Å². The van der Waals surface area contributed by atoms with E-state index in [4.69, 9.17) is 11.6 Å². The standard InChI is InChI=1S/C36H39ClN6O4/c1-40-22-25(20-31(35(40)47)39-33-8-6-27(21-38-33)42-15-13-41(14-16-42)17-18-44)28-3-2-4-32(30(28)23-45)43-12-9-24-19-26(36(37)10-11-36)5-7-29(24)34(43)46/h2-8,19-22,44-45H,9-18,23H2,1H3,(H,38,39). The van der Waals surface area contributed by atoms with E-state index < -0.39 is 0 Å². The van der Waals surface area contributed by atoms with Crippen LogP contribution in [0.5, 0.6) is 0 Å². The van der Waals surface area contributed by atoms with Crippen molar-refractivity contribution < 1.29 is 15.0 Å². The largest absolute Gasteiger partial charge is 0.395 e. The third kappa shape index (κ3) is 6.14. The number of anilines is 4. The zero-order valence-corrected chi connectivity index (χ0v) is 27.2. The Balaban J connectivity index is 1.13. The van der Waals surface area contributed by atoms with Crippen LogP contribution in [0.1, 0.15) is 39.9 Å². The van der Waals surface area contributed by atoms with Crippen LogP contribution >= 0.6 is 11.6 Å². The monoisotopic (exact) mass is 654 g/mol. The van der Waals surface area contributed by atoms with Gasteiger partial charge >= 0.3 is 0 Å². The molecule has 3 aliphatic rings. The topological polar surface area (TPSA) is 114 Å². The van der Waals surface area contributed by atoms with Crippen LogP contribution in [-0.4, -0.2) is 76.4 Å². The van der Waals surface area contributed by atoms with E-state index in [-0.39, 0.29) is 29.6 Å². The van der Waals surface area contributed by atoms with E-state index in [1.807, 2.05) is 42.5 Å². The average Bonchev–Trinajstić information content (AvgIpc) is 3.85. The van der Waals surface area contributed by atoms with Crippen molar-refractivity contribution in [3.8, 4) is 11.1 Å². The first-order valence-corrected chi connectivity index (χ1v) is 16.5. The maximum atomic E-state index is 13.8. The van der Waals surface area contributed by atoms with Gasteiger partial charge in [-0.1, -0.05) is 24.3 Å². The zero-order chi connectivity index (χ0) is 32.7. The molecule has 11 heteroatoms. The Kier molecular flexibility index (Phi) is 8.52. The number of hydrogen-bond donors (Lipinski definition) is 3. The molecule has 244 valence electrons. The Morgan fingerprint density at radius 2 is 1.77 bits per heavy atom. The highest BCUT2D eigenvalue weighted by Gasteiger charge is 2.43. The Hall–Kier alpha value is -4.22. The van der Waals surface area contributed by atoms with Crippen LogP contribution < -0.4 is 20.7 Å². The lowest BCUT2D eigenvalue weighted by Gasteiger charge is -2.35. The van der Waals surface area contributed by atoms with Crippen molar-refractivity contribution in [1.29, 1.82) is 0 Å². The molecular formula is C36H39ClN6O4. The summed E-state index contributed by atoms with van der Waals surface area (Å²) in [7, 11) is 1.69. The van der Waals surface area contributed by atoms with E-state index in [9.17, 15) is 19.8 Å². The number of β-amino-alcohol motifs (C(OH)–C–C–N with tert-alkyl or cyclic N) is 1. The number of amides is 1. The molecule has 7 rings (SSSR count). The number of carbonyl (C=O) groups is 1. The van der Waals surface area contributed by atoms with Gasteiger partial charge < -0.3 is 29.9 Å². The summed E-state index contributed by atoms with van der Waals surface area (Å²) >= 11 is 6.65. The molecule has 0 unspecified atom stereocenters. The van der Waals surface area contributed by atoms with E-state index in [1.165, 1.54) is 4.57 Å². The molecule has 10 nitrogen and oxygen atoms in total. The van der Waals surface area contributed by atoms with Gasteiger partial charge in [0.25, 0.3) is 11.5 Å². The number of benzene rings is 2. The minimum absolute atomic E-state index is 0.103. The molecule has 2 fully saturated rings. The average molecular weight is 655 g/mol. The minimum Gasteiger partial charge on any atom is -0.395 e. The summed E-state index contributed by atoms with van der Waals surface area (Å²) in [5, 5.41) is 23.0. The van der Waals surface area contributed by atoms with Crippen molar-refractivity contribution in [1.82, 2.24) is 14.5 Å². The number of piperazine rings is 1. The van der Waals surface area contributed by atoms with Crippen LogP contribution in [0.15, 0.2) is 71.8 Å². The van der Waals surface area contributed by atoms with E-state index >= 15 is 0 Å². The zero-order valence-electron chi connectivity index (χ0n) is 26.5. The van der Waals surface area contributed by atoms with Gasteiger partial charge in [0.1, 0.15) is 11.5 Å². The number of pyridine rings is 2. The number of aliphatic hydroxyl groups excluding tert-OH is 2. The summed E-state index contributed by atoms with van der Waals surface area (Å²) in [6.45, 7) is 4.54. The highest BCUT2D eigenvalue weighted by atomic mass is 35.5. The van der Waals surface area contributed by atoms with Gasteiger partial charge in [-0.05, 0) is 66.3 Å². The van der Waals surface area contributed by atoms with Gasteiger partial charge in [-0.15, -0.1) is 11.6 Å². The van der Waals surface area contributed by atoms with Gasteiger partial charge in [0.2, 0.25) is 0 Å². The fourth-order valence-electron chi connectivity index (χ4n) is 6.76. The lowest BCUT2D eigenvalue weighted by atomic mass is 9.93. The van der Waals surface area contributed by atoms with Crippen LogP contribution in [-0.2, 0) is 24.9 Å². The normalized spacial score (nSPS) is 17.5. The van der Waals surface area contributed by atoms with Gasteiger partial charge in [-0.2, -0.15) is 0 Å². The molecule has 4 aromatic rings. The van der Waals surface area contributed by atoms with E-state index in [0.29, 0.717) is 47.8 Å². The number of fused-ring (bicyclic) bond motifs is 1. The van der Waals surface area contributed by atoms with Crippen molar-refractivity contribution in [2.45, 2.75) is 30.7 Å². The first kappa shape index (κ1) is 31.4. The molecule has 1 saturated heterocycles. The number of aryl methyl sites for hydroxylation is 1. The van der Waals surface area contributed by atoms with Crippen molar-refractivity contribution in [2.75, 3.05) is 61.0 Å². The molecule has 3 N–H and O–H groups in total. The summed E-state index contributed by atoms with van der Waals surface area (Å²) < 4.78 is 1.51. The predicted molar refractivity (Wildman–Crippen MR) is 185 cm³/mol. The molecule has 4 heterocycles. The highest BCUT2D eigenvalue weighted by molar-refractivity contribution is 6.26. The first-order chi connectivity index (χ1) is 22.8. The summed E-state index contributed by atoms with van der Waals surface area (Å²) in [6.07, 6.45) is 6.15. The maximum absolute atomic E-state index is 13.8. The Bertz CT molecular complexity index is 1860. The second-order valence-corrected chi connectivity index (χ2v) is 13.4. The molecule has 0 spiro atoms. The highest BCUT2D eigenvalue weighted by Crippen LogP contribution is 2.52. The predicted octanol–water partition coefficient (Wildman–Crippen LogP) is 4.23. The van der Waals surface area contributed by atoms with Gasteiger partial charge in [0.15, 0.2) is 0 Å². The SMILES string of the molecule is Cn1cc(-c2cccc(N3CCc4cc(C5(Cl)CC5)ccc4C3=O)c2CO)cc(Nc2ccc(N3CCN(CCO)CC3)cn2)c1=O. The molecule has 1 saturated carbocycles. The molecule has 2 aromatic heterocycles. The molecule has 2 aromatic carbocycles. The summed E-state index contributed by atoms with van der Waals surface area (Å²) in [6, 6.07) is 17.2. The van der Waals surface area contributed by atoms with Crippen molar-refractivity contribution >= 4 is 40.4 Å². The van der Waals surface area contributed by atoms with Crippen molar-refractivity contribution in [2.24, 2.45) is 7.05 Å². The van der Waals surface area contributed by atoms with Gasteiger partial charge in [-0.25, -0.2) is 4.98 Å². The number of nitrogens with one attached hydrogen (secondary N) is 1. The molecule has 0 atom stereocenters. The Labute approximate surface area is 278 Å². The fourth-order valence-corrected chi connectivity index (χ4v) is 6.98. The Morgan fingerprint density at radius 3 is 2.47 bits per heavy atom. The smallest absolute Gasteiger partial charge is 0.274 e. The number of halogens is 1. The van der Waals surface area contributed by atoms with Crippen LogP contribution in [0, 0.1) is 0 Å². The molecule has 47 heavy (non-hydrogen) atoms. The van der Waals surface area contributed by atoms with Gasteiger partial charge in [0.05, 0.1) is 35.7 Å². The molecule has 0 radical (unpaired) electrons. The quantitative estimate of drug-likeness (QED) is 0.230. The fraction of sp³-hybridized carbons (Fsp3) is 0.361. The van der Waals surface area contributed by atoms with E-state index in [0.717, 1.165) is 67.0 Å². The Morgan fingerprint density at radius 1 is 0.957 bits per heavy atom. The van der Waals surface area contributed by atoms with Crippen LogP contribution in [0.2, 0.25) is 0 Å². The third-order valence-electron chi connectivity index (χ3n) is 9.65. The summed E-state index contributed by atoms with van der Waals surface area (Å²) in [5.74, 6) is 0.439. The number of rotatable bonds is 9. The lowest BCUT2D eigenvalue weighted by molar-refractivity contribution is 0.0980. The van der Waals surface area contributed by atoms with Crippen molar-refractivity contribution in [3.63, 3.8) is 0 Å². The second kappa shape index (κ2) is 12.8. The minimum atomic E-state index is -0.284. The molecular weight excluding hydrogens is 616 g/mol. The number of hydrogen-bond acceptors (Lipinski definition) is 8.